The molecule has 1 aromatic heterocycles. The molecule has 0 unspecified atom stereocenters. The van der Waals surface area contributed by atoms with Crippen molar-refractivity contribution in [1.29, 1.82) is 0 Å². The number of unbranched alkanes of at least 4 members (excludes halogenated alkanes) is 8. The van der Waals surface area contributed by atoms with Crippen LogP contribution in [0.25, 0.3) is 0 Å². The van der Waals surface area contributed by atoms with Crippen molar-refractivity contribution in [3.63, 3.8) is 0 Å². The standard InChI is InChI=1S/C20H39N2.BrH/c1-4-5-6-7-8-9-10-11-12-14-20(2)15-13-16-22-18-17-21(3)19-22;/h17-20H,4-16H2,1-3H3;1H/q+1;/p-1/t20-;/m0./s1. The molecule has 3 heteroatoms. The SMILES string of the molecule is CCCCCCCCCCC[C@H](C)CCCn1cc[n+](C)c1.[Br-]. The lowest BCUT2D eigenvalue weighted by molar-refractivity contribution is -0.671. The number of hydrogen-bond donors (Lipinski definition) is 0. The fraction of sp³-hybridized carbons (Fsp3) is 0.850. The lowest BCUT2D eigenvalue weighted by Crippen LogP contribution is -3.00. The Morgan fingerprint density at radius 2 is 1.43 bits per heavy atom. The zero-order chi connectivity index (χ0) is 16.0. The van der Waals surface area contributed by atoms with Crippen LogP contribution in [-0.4, -0.2) is 4.57 Å². The predicted octanol–water partition coefficient (Wildman–Crippen LogP) is 2.65. The number of halogens is 1. The van der Waals surface area contributed by atoms with Gasteiger partial charge in [-0.25, -0.2) is 9.13 Å². The zero-order valence-electron chi connectivity index (χ0n) is 15.8. The fourth-order valence-electron chi connectivity index (χ4n) is 3.20. The molecule has 2 nitrogen and oxygen atoms in total. The first kappa shape index (κ1) is 22.7. The Hall–Kier alpha value is -0.310. The van der Waals surface area contributed by atoms with E-state index in [4.69, 9.17) is 0 Å². The van der Waals surface area contributed by atoms with Gasteiger partial charge in [0.2, 0.25) is 6.33 Å². The van der Waals surface area contributed by atoms with E-state index in [0.29, 0.717) is 0 Å². The second-order valence-electron chi connectivity index (χ2n) is 7.18. The van der Waals surface area contributed by atoms with Crippen molar-refractivity contribution in [1.82, 2.24) is 4.57 Å². The van der Waals surface area contributed by atoms with Crippen molar-refractivity contribution < 1.29 is 21.5 Å². The van der Waals surface area contributed by atoms with Gasteiger partial charge in [0, 0.05) is 0 Å². The number of imidazole rings is 1. The van der Waals surface area contributed by atoms with E-state index >= 15 is 0 Å². The highest BCUT2D eigenvalue weighted by atomic mass is 79.9. The smallest absolute Gasteiger partial charge is 0.243 e. The third kappa shape index (κ3) is 12.7. The van der Waals surface area contributed by atoms with Gasteiger partial charge in [0.1, 0.15) is 12.4 Å². The van der Waals surface area contributed by atoms with Crippen LogP contribution < -0.4 is 21.5 Å². The second kappa shape index (κ2) is 15.2. The molecular formula is C20H39BrN2. The van der Waals surface area contributed by atoms with Crippen molar-refractivity contribution in [3.8, 4) is 0 Å². The van der Waals surface area contributed by atoms with E-state index in [1.165, 1.54) is 83.6 Å². The Labute approximate surface area is 155 Å². The van der Waals surface area contributed by atoms with Crippen LogP contribution in [0.3, 0.4) is 0 Å². The minimum atomic E-state index is 0. The third-order valence-electron chi connectivity index (χ3n) is 4.74. The van der Waals surface area contributed by atoms with E-state index in [9.17, 15) is 0 Å². The molecule has 1 aromatic rings. The van der Waals surface area contributed by atoms with Crippen molar-refractivity contribution in [2.45, 2.75) is 97.4 Å². The van der Waals surface area contributed by atoms with E-state index < -0.39 is 0 Å². The molecular weight excluding hydrogens is 348 g/mol. The number of aromatic nitrogens is 2. The van der Waals surface area contributed by atoms with Gasteiger partial charge >= 0.3 is 0 Å². The Balaban J connectivity index is 0.00000484. The van der Waals surface area contributed by atoms with E-state index in [0.717, 1.165) is 5.92 Å². The van der Waals surface area contributed by atoms with Crippen LogP contribution in [-0.2, 0) is 13.6 Å². The van der Waals surface area contributed by atoms with Gasteiger partial charge in [-0.05, 0) is 18.8 Å². The molecule has 1 atom stereocenters. The average Bonchev–Trinajstić information content (AvgIpc) is 2.91. The minimum Gasteiger partial charge on any atom is -1.00 e. The summed E-state index contributed by atoms with van der Waals surface area (Å²) in [5.41, 5.74) is 0. The molecule has 1 heterocycles. The molecule has 136 valence electrons. The van der Waals surface area contributed by atoms with Gasteiger partial charge in [-0.2, -0.15) is 0 Å². The summed E-state index contributed by atoms with van der Waals surface area (Å²) in [4.78, 5) is 0. The number of rotatable bonds is 14. The third-order valence-corrected chi connectivity index (χ3v) is 4.74. The maximum absolute atomic E-state index is 2.43. The first-order valence-electron chi connectivity index (χ1n) is 9.73. The highest BCUT2D eigenvalue weighted by Crippen LogP contribution is 2.17. The van der Waals surface area contributed by atoms with Gasteiger partial charge in [-0.1, -0.05) is 78.1 Å². The maximum atomic E-state index is 2.43. The summed E-state index contributed by atoms with van der Waals surface area (Å²) in [6, 6.07) is 0. The lowest BCUT2D eigenvalue weighted by atomic mass is 9.97. The average molecular weight is 387 g/mol. The van der Waals surface area contributed by atoms with Crippen LogP contribution >= 0.6 is 0 Å². The van der Waals surface area contributed by atoms with Crippen LogP contribution in [0, 0.1) is 5.92 Å². The molecule has 0 aliphatic carbocycles. The van der Waals surface area contributed by atoms with Crippen LogP contribution in [0.2, 0.25) is 0 Å². The first-order chi connectivity index (χ1) is 10.7. The molecule has 0 saturated heterocycles. The van der Waals surface area contributed by atoms with Crippen LogP contribution in [0.15, 0.2) is 18.7 Å². The number of hydrogen-bond acceptors (Lipinski definition) is 0. The van der Waals surface area contributed by atoms with Gasteiger partial charge in [0.05, 0.1) is 13.6 Å². The van der Waals surface area contributed by atoms with E-state index in [2.05, 4.69) is 48.8 Å². The topological polar surface area (TPSA) is 8.81 Å². The molecule has 0 radical (unpaired) electrons. The summed E-state index contributed by atoms with van der Waals surface area (Å²) < 4.78 is 4.41. The minimum absolute atomic E-state index is 0. The predicted molar refractivity (Wildman–Crippen MR) is 95.9 cm³/mol. The van der Waals surface area contributed by atoms with Crippen molar-refractivity contribution in [2.75, 3.05) is 0 Å². The highest BCUT2D eigenvalue weighted by Gasteiger charge is 2.04. The molecule has 1 rings (SSSR count). The zero-order valence-corrected chi connectivity index (χ0v) is 17.4. The van der Waals surface area contributed by atoms with Gasteiger partial charge in [0.15, 0.2) is 0 Å². The van der Waals surface area contributed by atoms with Crippen molar-refractivity contribution in [3.05, 3.63) is 18.7 Å². The van der Waals surface area contributed by atoms with Crippen LogP contribution in [0.4, 0.5) is 0 Å². The normalized spacial score (nSPS) is 12.1. The van der Waals surface area contributed by atoms with Gasteiger partial charge in [0.25, 0.3) is 0 Å². The quantitative estimate of drug-likeness (QED) is 0.343. The summed E-state index contributed by atoms with van der Waals surface area (Å²) in [5, 5.41) is 0. The van der Waals surface area contributed by atoms with Gasteiger partial charge in [-0.15, -0.1) is 0 Å². The Kier molecular flexibility index (Phi) is 15.0. The van der Waals surface area contributed by atoms with Gasteiger partial charge in [-0.3, -0.25) is 0 Å². The summed E-state index contributed by atoms with van der Waals surface area (Å²) in [7, 11) is 2.09. The lowest BCUT2D eigenvalue weighted by Gasteiger charge is -2.10. The second-order valence-corrected chi connectivity index (χ2v) is 7.18. The molecule has 0 fully saturated rings. The summed E-state index contributed by atoms with van der Waals surface area (Å²) in [6.07, 6.45) is 23.5. The van der Waals surface area contributed by atoms with Crippen molar-refractivity contribution >= 4 is 0 Å². The van der Waals surface area contributed by atoms with E-state index in [1.807, 2.05) is 0 Å². The summed E-state index contributed by atoms with van der Waals surface area (Å²) >= 11 is 0. The van der Waals surface area contributed by atoms with Crippen LogP contribution in [0.1, 0.15) is 90.9 Å². The molecule has 0 aliphatic rings. The monoisotopic (exact) mass is 386 g/mol. The maximum Gasteiger partial charge on any atom is 0.243 e. The summed E-state index contributed by atoms with van der Waals surface area (Å²) in [6.45, 7) is 5.89. The Morgan fingerprint density at radius 1 is 0.870 bits per heavy atom. The molecule has 0 amide bonds. The Morgan fingerprint density at radius 3 is 2.00 bits per heavy atom. The molecule has 23 heavy (non-hydrogen) atoms. The number of aryl methyl sites for hydroxylation is 2. The first-order valence-corrected chi connectivity index (χ1v) is 9.73. The van der Waals surface area contributed by atoms with Crippen molar-refractivity contribution in [2.24, 2.45) is 13.0 Å². The van der Waals surface area contributed by atoms with Crippen LogP contribution in [0.5, 0.6) is 0 Å². The fourth-order valence-corrected chi connectivity index (χ4v) is 3.20. The molecule has 0 bridgehead atoms. The molecule has 0 N–H and O–H groups in total. The molecule has 0 aliphatic heterocycles. The van der Waals surface area contributed by atoms with Gasteiger partial charge < -0.3 is 17.0 Å². The largest absolute Gasteiger partial charge is 1.00 e. The molecule has 0 saturated carbocycles. The molecule has 0 spiro atoms. The highest BCUT2D eigenvalue weighted by molar-refractivity contribution is 4.66. The molecule has 0 aromatic carbocycles. The summed E-state index contributed by atoms with van der Waals surface area (Å²) in [5.74, 6) is 0.897. The van der Waals surface area contributed by atoms with E-state index in [1.54, 1.807) is 0 Å². The van der Waals surface area contributed by atoms with E-state index in [-0.39, 0.29) is 17.0 Å². The Bertz CT molecular complexity index is 362. The number of nitrogens with zero attached hydrogens (tertiary/aromatic N) is 2.